The minimum atomic E-state index is 0.630. The number of H-pyrrole nitrogens is 1. The van der Waals surface area contributed by atoms with Crippen molar-refractivity contribution in [2.45, 2.75) is 62.4 Å². The first-order valence-electron chi connectivity index (χ1n) is 6.58. The lowest BCUT2D eigenvalue weighted by atomic mass is 9.95. The highest BCUT2D eigenvalue weighted by Crippen LogP contribution is 2.32. The van der Waals surface area contributed by atoms with Gasteiger partial charge in [0.15, 0.2) is 0 Å². The summed E-state index contributed by atoms with van der Waals surface area (Å²) in [5.74, 6) is 0.904. The molecular formula is C12H22N4S. The van der Waals surface area contributed by atoms with Gasteiger partial charge in [-0.15, -0.1) is 5.10 Å². The molecule has 0 bridgehead atoms. The smallest absolute Gasteiger partial charge is 0.208 e. The van der Waals surface area contributed by atoms with Crippen LogP contribution in [-0.2, 0) is 0 Å². The van der Waals surface area contributed by atoms with Crippen molar-refractivity contribution in [3.05, 3.63) is 5.82 Å². The molecule has 4 nitrogen and oxygen atoms in total. The van der Waals surface area contributed by atoms with E-state index in [0.29, 0.717) is 11.3 Å². The van der Waals surface area contributed by atoms with Crippen molar-refractivity contribution >= 4 is 11.8 Å². The maximum absolute atomic E-state index is 4.39. The summed E-state index contributed by atoms with van der Waals surface area (Å²) >= 11 is 1.83. The fraction of sp³-hybridized carbons (Fsp3) is 0.833. The molecule has 2 N–H and O–H groups in total. The third kappa shape index (κ3) is 3.71. The van der Waals surface area contributed by atoms with Crippen molar-refractivity contribution in [1.29, 1.82) is 0 Å². The number of nitrogens with one attached hydrogen (secondary N) is 2. The van der Waals surface area contributed by atoms with Crippen LogP contribution in [0.5, 0.6) is 0 Å². The molecule has 1 saturated carbocycles. The highest BCUT2D eigenvalue weighted by Gasteiger charge is 2.26. The minimum Gasteiger partial charge on any atom is -0.313 e. The Bertz CT molecular complexity index is 339. The first-order valence-corrected chi connectivity index (χ1v) is 7.46. The van der Waals surface area contributed by atoms with E-state index < -0.39 is 0 Å². The minimum absolute atomic E-state index is 0.630. The van der Waals surface area contributed by atoms with E-state index in [-0.39, 0.29) is 0 Å². The van der Waals surface area contributed by atoms with Gasteiger partial charge >= 0.3 is 0 Å². The van der Waals surface area contributed by atoms with Gasteiger partial charge in [-0.1, -0.05) is 31.5 Å². The molecular weight excluding hydrogens is 232 g/mol. The van der Waals surface area contributed by atoms with Gasteiger partial charge in [0.1, 0.15) is 5.82 Å². The molecule has 5 heteroatoms. The Labute approximate surface area is 107 Å². The topological polar surface area (TPSA) is 53.6 Å². The summed E-state index contributed by atoms with van der Waals surface area (Å²) in [5, 5.41) is 12.3. The third-order valence-electron chi connectivity index (χ3n) is 3.19. The number of rotatable bonds is 5. The number of hydrogen-bond acceptors (Lipinski definition) is 4. The molecule has 1 aromatic rings. The van der Waals surface area contributed by atoms with Crippen LogP contribution < -0.4 is 5.32 Å². The third-order valence-corrected chi connectivity index (χ3v) is 4.45. The van der Waals surface area contributed by atoms with Gasteiger partial charge in [-0.3, -0.25) is 5.10 Å². The van der Waals surface area contributed by atoms with Gasteiger partial charge in [0.25, 0.3) is 0 Å². The molecule has 0 saturated heterocycles. The van der Waals surface area contributed by atoms with Crippen LogP contribution in [0.1, 0.15) is 44.9 Å². The molecule has 0 radical (unpaired) electrons. The highest BCUT2D eigenvalue weighted by molar-refractivity contribution is 7.99. The van der Waals surface area contributed by atoms with Gasteiger partial charge in [0.05, 0.1) is 0 Å². The zero-order chi connectivity index (χ0) is 12.1. The Morgan fingerprint density at radius 3 is 2.94 bits per heavy atom. The Kier molecular flexibility index (Phi) is 4.86. The summed E-state index contributed by atoms with van der Waals surface area (Å²) in [6, 6.07) is 0.632. The second-order valence-corrected chi connectivity index (χ2v) is 5.91. The van der Waals surface area contributed by atoms with Gasteiger partial charge in [0, 0.05) is 11.3 Å². The van der Waals surface area contributed by atoms with E-state index in [1.807, 2.05) is 18.7 Å². The van der Waals surface area contributed by atoms with E-state index in [1.165, 1.54) is 32.1 Å². The molecule has 0 spiro atoms. The van der Waals surface area contributed by atoms with Crippen molar-refractivity contribution in [3.8, 4) is 0 Å². The van der Waals surface area contributed by atoms with Gasteiger partial charge in [-0.25, -0.2) is 4.98 Å². The van der Waals surface area contributed by atoms with Crippen LogP contribution in [0, 0.1) is 6.92 Å². The van der Waals surface area contributed by atoms with Crippen molar-refractivity contribution in [2.24, 2.45) is 0 Å². The molecule has 1 aliphatic carbocycles. The molecule has 1 aliphatic rings. The molecule has 17 heavy (non-hydrogen) atoms. The van der Waals surface area contributed by atoms with Gasteiger partial charge in [0.2, 0.25) is 5.16 Å². The molecule has 0 aliphatic heterocycles. The van der Waals surface area contributed by atoms with Crippen LogP contribution in [0.15, 0.2) is 5.16 Å². The SMILES string of the molecule is CCCNC1CCCCC1Sc1n[nH]c(C)n1. The summed E-state index contributed by atoms with van der Waals surface area (Å²) in [7, 11) is 0. The van der Waals surface area contributed by atoms with E-state index >= 15 is 0 Å². The maximum Gasteiger partial charge on any atom is 0.208 e. The molecule has 2 atom stereocenters. The lowest BCUT2D eigenvalue weighted by Gasteiger charge is -2.31. The highest BCUT2D eigenvalue weighted by atomic mass is 32.2. The van der Waals surface area contributed by atoms with Crippen molar-refractivity contribution < 1.29 is 0 Å². The van der Waals surface area contributed by atoms with Gasteiger partial charge in [-0.05, 0) is 32.7 Å². The van der Waals surface area contributed by atoms with E-state index in [2.05, 4.69) is 27.4 Å². The maximum atomic E-state index is 4.39. The van der Waals surface area contributed by atoms with E-state index in [4.69, 9.17) is 0 Å². The summed E-state index contributed by atoms with van der Waals surface area (Å²) in [6.45, 7) is 5.29. The number of aromatic amines is 1. The molecule has 0 aromatic carbocycles. The summed E-state index contributed by atoms with van der Waals surface area (Å²) in [6.07, 6.45) is 6.46. The Balaban J connectivity index is 1.91. The second-order valence-electron chi connectivity index (χ2n) is 4.70. The lowest BCUT2D eigenvalue weighted by Crippen LogP contribution is -2.40. The number of aromatic nitrogens is 3. The fourth-order valence-electron chi connectivity index (χ4n) is 2.31. The van der Waals surface area contributed by atoms with Crippen LogP contribution in [-0.4, -0.2) is 33.0 Å². The molecule has 1 aromatic heterocycles. The van der Waals surface area contributed by atoms with Crippen molar-refractivity contribution in [3.63, 3.8) is 0 Å². The average Bonchev–Trinajstić information content (AvgIpc) is 2.74. The Hall–Kier alpha value is -0.550. The average molecular weight is 254 g/mol. The first-order chi connectivity index (χ1) is 8.29. The fourth-order valence-corrected chi connectivity index (χ4v) is 3.55. The van der Waals surface area contributed by atoms with Crippen LogP contribution in [0.25, 0.3) is 0 Å². The Morgan fingerprint density at radius 1 is 1.41 bits per heavy atom. The van der Waals surface area contributed by atoms with Gasteiger partial charge < -0.3 is 5.32 Å². The van der Waals surface area contributed by atoms with Crippen LogP contribution in [0.3, 0.4) is 0 Å². The van der Waals surface area contributed by atoms with Crippen LogP contribution in [0.2, 0.25) is 0 Å². The van der Waals surface area contributed by atoms with E-state index in [9.17, 15) is 0 Å². The quantitative estimate of drug-likeness (QED) is 0.848. The van der Waals surface area contributed by atoms with Crippen LogP contribution >= 0.6 is 11.8 Å². The normalized spacial score (nSPS) is 25.1. The molecule has 1 heterocycles. The second kappa shape index (κ2) is 6.40. The number of aryl methyl sites for hydroxylation is 1. The van der Waals surface area contributed by atoms with Crippen LogP contribution in [0.4, 0.5) is 0 Å². The predicted molar refractivity (Wildman–Crippen MR) is 71.3 cm³/mol. The number of nitrogens with zero attached hydrogens (tertiary/aromatic N) is 2. The predicted octanol–water partition coefficient (Wildman–Crippen LogP) is 2.52. The standard InChI is InChI=1S/C12H22N4S/c1-3-8-13-10-6-4-5-7-11(10)17-12-14-9(2)15-16-12/h10-11,13H,3-8H2,1-2H3,(H,14,15,16). The summed E-state index contributed by atoms with van der Waals surface area (Å²) < 4.78 is 0. The molecule has 1 fully saturated rings. The lowest BCUT2D eigenvalue weighted by molar-refractivity contribution is 0.384. The van der Waals surface area contributed by atoms with E-state index in [1.54, 1.807) is 0 Å². The molecule has 0 amide bonds. The monoisotopic (exact) mass is 254 g/mol. The largest absolute Gasteiger partial charge is 0.313 e. The van der Waals surface area contributed by atoms with Crippen molar-refractivity contribution in [2.75, 3.05) is 6.54 Å². The zero-order valence-corrected chi connectivity index (χ0v) is 11.5. The summed E-state index contributed by atoms with van der Waals surface area (Å²) in [5.41, 5.74) is 0. The molecule has 2 rings (SSSR count). The summed E-state index contributed by atoms with van der Waals surface area (Å²) in [4.78, 5) is 4.39. The molecule has 2 unspecified atom stereocenters. The van der Waals surface area contributed by atoms with Gasteiger partial charge in [-0.2, -0.15) is 0 Å². The van der Waals surface area contributed by atoms with Crippen molar-refractivity contribution in [1.82, 2.24) is 20.5 Å². The van der Waals surface area contributed by atoms with E-state index in [0.717, 1.165) is 17.5 Å². The zero-order valence-electron chi connectivity index (χ0n) is 10.7. The number of thioether (sulfide) groups is 1. The number of hydrogen-bond donors (Lipinski definition) is 2. The first kappa shape index (κ1) is 12.9. The Morgan fingerprint density at radius 2 is 2.24 bits per heavy atom. The molecule has 96 valence electrons.